The van der Waals surface area contributed by atoms with Gasteiger partial charge in [0.1, 0.15) is 0 Å². The van der Waals surface area contributed by atoms with Gasteiger partial charge in [-0.3, -0.25) is 4.79 Å². The molecule has 0 aromatic rings. The third-order valence-corrected chi connectivity index (χ3v) is 3.96. The second kappa shape index (κ2) is 8.02. The van der Waals surface area contributed by atoms with Gasteiger partial charge in [-0.15, -0.1) is 0 Å². The molecule has 1 heterocycles. The molecule has 1 rings (SSSR count). The van der Waals surface area contributed by atoms with E-state index in [9.17, 15) is 9.59 Å². The maximum atomic E-state index is 11.1. The minimum absolute atomic E-state index is 0.0141. The van der Waals surface area contributed by atoms with E-state index in [0.717, 1.165) is 19.3 Å². The molecule has 1 amide bonds. The predicted molar refractivity (Wildman–Crippen MR) is 72.2 cm³/mol. The van der Waals surface area contributed by atoms with Crippen molar-refractivity contribution in [3.8, 4) is 0 Å². The van der Waals surface area contributed by atoms with Crippen molar-refractivity contribution in [2.75, 3.05) is 13.1 Å². The van der Waals surface area contributed by atoms with Crippen LogP contribution in [0.2, 0.25) is 0 Å². The summed E-state index contributed by atoms with van der Waals surface area (Å²) in [6.07, 6.45) is 6.86. The molecule has 2 atom stereocenters. The van der Waals surface area contributed by atoms with Crippen LogP contribution in [0.1, 0.15) is 51.9 Å². The summed E-state index contributed by atoms with van der Waals surface area (Å²) in [6.45, 7) is 2.70. The van der Waals surface area contributed by atoms with E-state index in [1.807, 2.05) is 0 Å². The molecule has 2 N–H and O–H groups in total. The van der Waals surface area contributed by atoms with Crippen molar-refractivity contribution in [3.05, 3.63) is 0 Å². The van der Waals surface area contributed by atoms with Crippen LogP contribution in [0.4, 0.5) is 4.79 Å². The SMILES string of the molecule is CCCCCCCCC1CN(C(=O)O)CC1C(=O)O. The fourth-order valence-corrected chi connectivity index (χ4v) is 2.79. The van der Waals surface area contributed by atoms with Crippen molar-refractivity contribution in [3.63, 3.8) is 0 Å². The Hall–Kier alpha value is -1.26. The number of carboxylic acids is 1. The number of hydrogen-bond acceptors (Lipinski definition) is 2. The molecule has 2 unspecified atom stereocenters. The Morgan fingerprint density at radius 2 is 1.68 bits per heavy atom. The number of carbonyl (C=O) groups is 2. The van der Waals surface area contributed by atoms with E-state index in [0.29, 0.717) is 6.54 Å². The first-order chi connectivity index (χ1) is 9.06. The van der Waals surface area contributed by atoms with Gasteiger partial charge >= 0.3 is 12.1 Å². The lowest BCUT2D eigenvalue weighted by molar-refractivity contribution is -0.142. The van der Waals surface area contributed by atoms with E-state index in [-0.39, 0.29) is 12.5 Å². The summed E-state index contributed by atoms with van der Waals surface area (Å²) in [6, 6.07) is 0. The number of rotatable bonds is 8. The van der Waals surface area contributed by atoms with Gasteiger partial charge in [0.15, 0.2) is 0 Å². The van der Waals surface area contributed by atoms with Crippen LogP contribution in [-0.4, -0.2) is 40.3 Å². The average molecular weight is 271 g/mol. The molecule has 0 radical (unpaired) electrons. The summed E-state index contributed by atoms with van der Waals surface area (Å²) >= 11 is 0. The molecular formula is C14H25NO4. The molecule has 0 saturated carbocycles. The molecule has 0 aliphatic carbocycles. The van der Waals surface area contributed by atoms with Crippen molar-refractivity contribution < 1.29 is 19.8 Å². The van der Waals surface area contributed by atoms with E-state index in [4.69, 9.17) is 10.2 Å². The Morgan fingerprint density at radius 3 is 2.26 bits per heavy atom. The lowest BCUT2D eigenvalue weighted by Gasteiger charge is -2.13. The number of likely N-dealkylation sites (tertiary alicyclic amines) is 1. The Kier molecular flexibility index (Phi) is 6.67. The minimum atomic E-state index is -1.00. The highest BCUT2D eigenvalue weighted by molar-refractivity contribution is 5.73. The molecular weight excluding hydrogens is 246 g/mol. The fourth-order valence-electron chi connectivity index (χ4n) is 2.79. The second-order valence-corrected chi connectivity index (χ2v) is 5.45. The third kappa shape index (κ3) is 5.09. The van der Waals surface area contributed by atoms with Gasteiger partial charge in [-0.2, -0.15) is 0 Å². The standard InChI is InChI=1S/C14H25NO4/c1-2-3-4-5-6-7-8-11-9-15(14(18)19)10-12(11)13(16)17/h11-12H,2-10H2,1H3,(H,16,17)(H,18,19). The van der Waals surface area contributed by atoms with Crippen molar-refractivity contribution in [2.24, 2.45) is 11.8 Å². The maximum Gasteiger partial charge on any atom is 0.407 e. The first-order valence-electron chi connectivity index (χ1n) is 7.27. The molecule has 1 fully saturated rings. The molecule has 110 valence electrons. The van der Waals surface area contributed by atoms with Crippen molar-refractivity contribution in [2.45, 2.75) is 51.9 Å². The molecule has 1 saturated heterocycles. The van der Waals surface area contributed by atoms with Crippen LogP contribution >= 0.6 is 0 Å². The van der Waals surface area contributed by atoms with E-state index in [2.05, 4.69) is 6.92 Å². The Morgan fingerprint density at radius 1 is 1.05 bits per heavy atom. The lowest BCUT2D eigenvalue weighted by Crippen LogP contribution is -2.28. The summed E-state index contributed by atoms with van der Waals surface area (Å²) in [4.78, 5) is 23.3. The van der Waals surface area contributed by atoms with Crippen LogP contribution < -0.4 is 0 Å². The van der Waals surface area contributed by atoms with Crippen molar-refractivity contribution >= 4 is 12.1 Å². The van der Waals surface area contributed by atoms with Crippen LogP contribution in [-0.2, 0) is 4.79 Å². The monoisotopic (exact) mass is 271 g/mol. The van der Waals surface area contributed by atoms with E-state index in [1.165, 1.54) is 30.6 Å². The highest BCUT2D eigenvalue weighted by Crippen LogP contribution is 2.28. The summed E-state index contributed by atoms with van der Waals surface area (Å²) in [5.74, 6) is -1.40. The van der Waals surface area contributed by atoms with Gasteiger partial charge in [-0.25, -0.2) is 4.79 Å². The zero-order chi connectivity index (χ0) is 14.3. The Labute approximate surface area is 114 Å². The molecule has 5 heteroatoms. The lowest BCUT2D eigenvalue weighted by atomic mass is 9.90. The molecule has 5 nitrogen and oxygen atoms in total. The van der Waals surface area contributed by atoms with Crippen LogP contribution in [0.3, 0.4) is 0 Å². The number of carboxylic acid groups (broad SMARTS) is 2. The number of nitrogens with zero attached hydrogens (tertiary/aromatic N) is 1. The van der Waals surface area contributed by atoms with Gasteiger partial charge < -0.3 is 15.1 Å². The predicted octanol–water partition coefficient (Wildman–Crippen LogP) is 3.05. The van der Waals surface area contributed by atoms with E-state index in [1.54, 1.807) is 0 Å². The van der Waals surface area contributed by atoms with Crippen LogP contribution in [0, 0.1) is 11.8 Å². The topological polar surface area (TPSA) is 77.8 Å². The highest BCUT2D eigenvalue weighted by Gasteiger charge is 2.39. The fraction of sp³-hybridized carbons (Fsp3) is 0.857. The zero-order valence-electron chi connectivity index (χ0n) is 11.7. The van der Waals surface area contributed by atoms with Crippen molar-refractivity contribution in [1.29, 1.82) is 0 Å². The van der Waals surface area contributed by atoms with Gasteiger partial charge in [0, 0.05) is 13.1 Å². The normalized spacial score (nSPS) is 22.7. The summed E-state index contributed by atoms with van der Waals surface area (Å²) in [5, 5.41) is 18.1. The first-order valence-corrected chi connectivity index (χ1v) is 7.27. The minimum Gasteiger partial charge on any atom is -0.481 e. The Bertz CT molecular complexity index is 306. The van der Waals surface area contributed by atoms with Crippen LogP contribution in [0.25, 0.3) is 0 Å². The van der Waals surface area contributed by atoms with Gasteiger partial charge in [0.05, 0.1) is 5.92 Å². The van der Waals surface area contributed by atoms with Gasteiger partial charge in [0.2, 0.25) is 0 Å². The summed E-state index contributed by atoms with van der Waals surface area (Å²) in [7, 11) is 0. The largest absolute Gasteiger partial charge is 0.481 e. The summed E-state index contributed by atoms with van der Waals surface area (Å²) in [5.41, 5.74) is 0. The Balaban J connectivity index is 2.30. The maximum absolute atomic E-state index is 11.1. The molecule has 1 aliphatic rings. The van der Waals surface area contributed by atoms with Crippen LogP contribution in [0.15, 0.2) is 0 Å². The number of aliphatic carboxylic acids is 1. The summed E-state index contributed by atoms with van der Waals surface area (Å²) < 4.78 is 0. The smallest absolute Gasteiger partial charge is 0.407 e. The van der Waals surface area contributed by atoms with Crippen molar-refractivity contribution in [1.82, 2.24) is 4.90 Å². The molecule has 0 aromatic heterocycles. The van der Waals surface area contributed by atoms with Gasteiger partial charge in [0.25, 0.3) is 0 Å². The number of amides is 1. The van der Waals surface area contributed by atoms with E-state index >= 15 is 0 Å². The molecule has 0 spiro atoms. The van der Waals surface area contributed by atoms with E-state index < -0.39 is 18.0 Å². The molecule has 0 bridgehead atoms. The average Bonchev–Trinajstić information content (AvgIpc) is 2.78. The molecule has 19 heavy (non-hydrogen) atoms. The first kappa shape index (κ1) is 15.8. The molecule has 1 aliphatic heterocycles. The number of unbranched alkanes of at least 4 members (excludes halogenated alkanes) is 5. The van der Waals surface area contributed by atoms with Gasteiger partial charge in [-0.05, 0) is 12.3 Å². The third-order valence-electron chi connectivity index (χ3n) is 3.96. The van der Waals surface area contributed by atoms with Gasteiger partial charge in [-0.1, -0.05) is 45.4 Å². The highest BCUT2D eigenvalue weighted by atomic mass is 16.4. The van der Waals surface area contributed by atoms with Crippen LogP contribution in [0.5, 0.6) is 0 Å². The second-order valence-electron chi connectivity index (χ2n) is 5.45. The quantitative estimate of drug-likeness (QED) is 0.665. The zero-order valence-corrected chi connectivity index (χ0v) is 11.7. The molecule has 0 aromatic carbocycles. The number of hydrogen-bond donors (Lipinski definition) is 2.